The number of hydrogen-bond acceptors (Lipinski definition) is 5. The molecule has 1 aromatic heterocycles. The Morgan fingerprint density at radius 3 is 2.48 bits per heavy atom. The van der Waals surface area contributed by atoms with Gasteiger partial charge in [0, 0.05) is 45.6 Å². The molecule has 2 aromatic rings. The summed E-state index contributed by atoms with van der Waals surface area (Å²) in [7, 11) is 5.17. The van der Waals surface area contributed by atoms with E-state index in [-0.39, 0.29) is 29.8 Å². The van der Waals surface area contributed by atoms with Gasteiger partial charge in [-0.1, -0.05) is 12.1 Å². The van der Waals surface area contributed by atoms with Crippen molar-refractivity contribution < 1.29 is 18.7 Å². The summed E-state index contributed by atoms with van der Waals surface area (Å²) in [5.41, 5.74) is 1.42. The number of carbonyl (C=O) groups excluding carboxylic acids is 2. The minimum absolute atomic E-state index is 0.00885. The molecule has 3 atom stereocenters. The lowest BCUT2D eigenvalue weighted by atomic mass is 9.89. The van der Waals surface area contributed by atoms with Gasteiger partial charge in [-0.25, -0.2) is 9.78 Å². The first-order chi connectivity index (χ1) is 13.9. The highest BCUT2D eigenvalue weighted by atomic mass is 16.5. The quantitative estimate of drug-likeness (QED) is 0.793. The molecule has 8 heteroatoms. The van der Waals surface area contributed by atoms with E-state index in [0.29, 0.717) is 31.1 Å². The van der Waals surface area contributed by atoms with Crippen LogP contribution in [-0.2, 0) is 0 Å². The van der Waals surface area contributed by atoms with Gasteiger partial charge in [0.2, 0.25) is 0 Å². The number of nitrogens with zero attached hydrogens (tertiary/aromatic N) is 4. The molecule has 0 N–H and O–H groups in total. The highest BCUT2D eigenvalue weighted by Gasteiger charge is 2.50. The van der Waals surface area contributed by atoms with E-state index in [1.54, 1.807) is 33.0 Å². The maximum Gasteiger partial charge on any atom is 0.320 e. The van der Waals surface area contributed by atoms with Gasteiger partial charge in [-0.15, -0.1) is 0 Å². The normalized spacial score (nSPS) is 23.2. The first-order valence-electron chi connectivity index (χ1n) is 9.72. The largest absolute Gasteiger partial charge is 0.497 e. The Morgan fingerprint density at radius 1 is 1.17 bits per heavy atom. The van der Waals surface area contributed by atoms with Crippen molar-refractivity contribution in [3.8, 4) is 5.75 Å². The minimum atomic E-state index is -0.107. The molecule has 4 rings (SSSR count). The van der Waals surface area contributed by atoms with Crippen LogP contribution in [0.25, 0.3) is 0 Å². The Kier molecular flexibility index (Phi) is 4.94. The van der Waals surface area contributed by atoms with Crippen LogP contribution < -0.4 is 4.74 Å². The maximum absolute atomic E-state index is 12.9. The molecule has 0 unspecified atom stereocenters. The molecule has 0 radical (unpaired) electrons. The third-order valence-electron chi connectivity index (χ3n) is 5.98. The summed E-state index contributed by atoms with van der Waals surface area (Å²) < 4.78 is 10.5. The van der Waals surface area contributed by atoms with Crippen molar-refractivity contribution in [2.45, 2.75) is 13.0 Å². The monoisotopic (exact) mass is 398 g/mol. The van der Waals surface area contributed by atoms with Crippen molar-refractivity contribution in [3.05, 3.63) is 47.7 Å². The predicted molar refractivity (Wildman–Crippen MR) is 106 cm³/mol. The van der Waals surface area contributed by atoms with Crippen molar-refractivity contribution in [3.63, 3.8) is 0 Å². The molecule has 0 saturated carbocycles. The lowest BCUT2D eigenvalue weighted by Crippen LogP contribution is -2.42. The smallest absolute Gasteiger partial charge is 0.320 e. The zero-order valence-corrected chi connectivity index (χ0v) is 17.2. The van der Waals surface area contributed by atoms with E-state index in [4.69, 9.17) is 9.15 Å². The van der Waals surface area contributed by atoms with Gasteiger partial charge in [-0.3, -0.25) is 4.79 Å². The van der Waals surface area contributed by atoms with Gasteiger partial charge >= 0.3 is 6.03 Å². The molecule has 3 heterocycles. The van der Waals surface area contributed by atoms with Gasteiger partial charge in [0.05, 0.1) is 13.2 Å². The third kappa shape index (κ3) is 3.32. The number of carbonyl (C=O) groups is 2. The van der Waals surface area contributed by atoms with Crippen LogP contribution in [0, 0.1) is 18.8 Å². The highest BCUT2D eigenvalue weighted by Crippen LogP contribution is 2.45. The molecule has 29 heavy (non-hydrogen) atoms. The first-order valence-corrected chi connectivity index (χ1v) is 9.72. The summed E-state index contributed by atoms with van der Waals surface area (Å²) in [6, 6.07) is 7.75. The third-order valence-corrected chi connectivity index (χ3v) is 5.98. The SMILES string of the molecule is COc1ccc([C@H]2[C@@H]3CN(C(=O)c4ncoc4C)C[C@@H]3CN2C(=O)N(C)C)cc1. The number of aromatic nitrogens is 1. The average molecular weight is 398 g/mol. The number of methoxy groups -OCH3 is 1. The Bertz CT molecular complexity index is 908. The summed E-state index contributed by atoms with van der Waals surface area (Å²) >= 11 is 0. The molecule has 0 bridgehead atoms. The second kappa shape index (κ2) is 7.42. The number of fused-ring (bicyclic) bond motifs is 1. The second-order valence-corrected chi connectivity index (χ2v) is 7.94. The average Bonchev–Trinajstić information content (AvgIpc) is 3.40. The van der Waals surface area contributed by atoms with Crippen LogP contribution in [0.4, 0.5) is 4.79 Å². The summed E-state index contributed by atoms with van der Waals surface area (Å²) in [5, 5.41) is 0. The molecule has 2 aliphatic heterocycles. The van der Waals surface area contributed by atoms with Crippen LogP contribution in [-0.4, -0.2) is 72.5 Å². The van der Waals surface area contributed by atoms with E-state index in [1.165, 1.54) is 6.39 Å². The van der Waals surface area contributed by atoms with E-state index in [2.05, 4.69) is 4.98 Å². The van der Waals surface area contributed by atoms with Crippen LogP contribution in [0.5, 0.6) is 5.75 Å². The van der Waals surface area contributed by atoms with Gasteiger partial charge in [0.25, 0.3) is 5.91 Å². The second-order valence-electron chi connectivity index (χ2n) is 7.94. The van der Waals surface area contributed by atoms with E-state index < -0.39 is 0 Å². The minimum Gasteiger partial charge on any atom is -0.497 e. The van der Waals surface area contributed by atoms with Crippen LogP contribution >= 0.6 is 0 Å². The fourth-order valence-electron chi connectivity index (χ4n) is 4.55. The molecule has 2 fully saturated rings. The molecule has 0 spiro atoms. The van der Waals surface area contributed by atoms with Gasteiger partial charge in [0.1, 0.15) is 11.5 Å². The predicted octanol–water partition coefficient (Wildman–Crippen LogP) is 2.42. The van der Waals surface area contributed by atoms with E-state index in [0.717, 1.165) is 11.3 Å². The number of aryl methyl sites for hydroxylation is 1. The highest BCUT2D eigenvalue weighted by molar-refractivity contribution is 5.93. The topological polar surface area (TPSA) is 79.1 Å². The van der Waals surface area contributed by atoms with Crippen LogP contribution in [0.2, 0.25) is 0 Å². The number of likely N-dealkylation sites (tertiary alicyclic amines) is 2. The zero-order valence-electron chi connectivity index (χ0n) is 17.2. The molecule has 1 aromatic carbocycles. The van der Waals surface area contributed by atoms with Gasteiger partial charge in [0.15, 0.2) is 12.1 Å². The number of ether oxygens (including phenoxy) is 1. The number of benzene rings is 1. The summed E-state index contributed by atoms with van der Waals surface area (Å²) in [4.78, 5) is 35.2. The Morgan fingerprint density at radius 2 is 1.90 bits per heavy atom. The first kappa shape index (κ1) is 19.3. The Balaban J connectivity index is 1.61. The van der Waals surface area contributed by atoms with Crippen molar-refractivity contribution in [2.75, 3.05) is 40.8 Å². The van der Waals surface area contributed by atoms with Gasteiger partial charge < -0.3 is 23.9 Å². The summed E-state index contributed by atoms with van der Waals surface area (Å²) in [6.07, 6.45) is 1.30. The Labute approximate surface area is 170 Å². The summed E-state index contributed by atoms with van der Waals surface area (Å²) in [5.74, 6) is 1.59. The van der Waals surface area contributed by atoms with Crippen molar-refractivity contribution in [2.24, 2.45) is 11.8 Å². The van der Waals surface area contributed by atoms with Crippen LogP contribution in [0.3, 0.4) is 0 Å². The van der Waals surface area contributed by atoms with E-state index >= 15 is 0 Å². The lowest BCUT2D eigenvalue weighted by Gasteiger charge is -2.31. The number of urea groups is 1. The number of oxazole rings is 1. The maximum atomic E-state index is 12.9. The van der Waals surface area contributed by atoms with Gasteiger partial charge in [-0.05, 0) is 24.6 Å². The van der Waals surface area contributed by atoms with E-state index in [9.17, 15) is 9.59 Å². The fraction of sp³-hybridized carbons (Fsp3) is 0.476. The molecule has 2 saturated heterocycles. The molecular formula is C21H26N4O4. The standard InChI is InChI=1S/C21H26N4O4/c1-13-18(22-12-29-13)20(26)24-9-15-10-25(21(27)23(2)3)19(17(15)11-24)14-5-7-16(28-4)8-6-14/h5-8,12,15,17,19H,9-11H2,1-4H3/t15-,17-,19+/m1/s1. The number of rotatable bonds is 3. The molecule has 154 valence electrons. The summed E-state index contributed by atoms with van der Waals surface area (Å²) in [6.45, 7) is 3.57. The molecule has 3 amide bonds. The molecule has 0 aliphatic carbocycles. The lowest BCUT2D eigenvalue weighted by molar-refractivity contribution is 0.0759. The molecular weight excluding hydrogens is 372 g/mol. The van der Waals surface area contributed by atoms with Crippen molar-refractivity contribution >= 4 is 11.9 Å². The zero-order chi connectivity index (χ0) is 20.7. The van der Waals surface area contributed by atoms with Crippen molar-refractivity contribution in [1.82, 2.24) is 19.7 Å². The fourth-order valence-corrected chi connectivity index (χ4v) is 4.55. The number of amides is 3. The van der Waals surface area contributed by atoms with E-state index in [1.807, 2.05) is 34.1 Å². The number of hydrogen-bond donors (Lipinski definition) is 0. The Hall–Kier alpha value is -3.03. The van der Waals surface area contributed by atoms with Crippen LogP contribution in [0.1, 0.15) is 27.9 Å². The molecule has 8 nitrogen and oxygen atoms in total. The van der Waals surface area contributed by atoms with Gasteiger partial charge in [-0.2, -0.15) is 0 Å². The molecule has 2 aliphatic rings. The van der Waals surface area contributed by atoms with Crippen molar-refractivity contribution in [1.29, 1.82) is 0 Å². The van der Waals surface area contributed by atoms with Crippen LogP contribution in [0.15, 0.2) is 35.1 Å².